The number of amides is 2. The molecule has 6 heteroatoms. The molecule has 0 saturated heterocycles. The van der Waals surface area contributed by atoms with Gasteiger partial charge in [0.05, 0.1) is 5.69 Å². The lowest BCUT2D eigenvalue weighted by Crippen LogP contribution is -2.19. The van der Waals surface area contributed by atoms with Crippen molar-refractivity contribution in [3.63, 3.8) is 0 Å². The second kappa shape index (κ2) is 7.37. The standard InChI is InChI=1S/C22H19ClN4O/c1-14-5-4-12-27-13-20(25-21(14)27)16-8-10-17(11-9-16)24-22(28)26-19-7-3-6-18(23)15(19)2/h3-13H,1-2H3,(H2,24,26,28). The van der Waals surface area contributed by atoms with E-state index in [4.69, 9.17) is 16.6 Å². The van der Waals surface area contributed by atoms with Crippen molar-refractivity contribution in [3.05, 3.63) is 83.1 Å². The van der Waals surface area contributed by atoms with Crippen LogP contribution in [0.1, 0.15) is 11.1 Å². The zero-order chi connectivity index (χ0) is 19.7. The van der Waals surface area contributed by atoms with Crippen molar-refractivity contribution in [2.45, 2.75) is 13.8 Å². The van der Waals surface area contributed by atoms with E-state index in [1.807, 2.05) is 73.1 Å². The summed E-state index contributed by atoms with van der Waals surface area (Å²) >= 11 is 6.09. The van der Waals surface area contributed by atoms with E-state index in [-0.39, 0.29) is 6.03 Å². The average Bonchev–Trinajstić information content (AvgIpc) is 3.12. The van der Waals surface area contributed by atoms with Crippen molar-refractivity contribution in [1.82, 2.24) is 9.38 Å². The Kier molecular flexibility index (Phi) is 4.75. The van der Waals surface area contributed by atoms with Gasteiger partial charge in [0.25, 0.3) is 0 Å². The molecule has 0 unspecified atom stereocenters. The third kappa shape index (κ3) is 3.57. The van der Waals surface area contributed by atoms with Gasteiger partial charge in [-0.2, -0.15) is 0 Å². The van der Waals surface area contributed by atoms with E-state index in [0.717, 1.165) is 28.0 Å². The number of benzene rings is 2. The highest BCUT2D eigenvalue weighted by atomic mass is 35.5. The lowest BCUT2D eigenvalue weighted by Gasteiger charge is -2.11. The van der Waals surface area contributed by atoms with Crippen LogP contribution in [0.15, 0.2) is 67.0 Å². The Labute approximate surface area is 168 Å². The van der Waals surface area contributed by atoms with Crippen molar-refractivity contribution in [2.75, 3.05) is 10.6 Å². The summed E-state index contributed by atoms with van der Waals surface area (Å²) in [4.78, 5) is 17.0. The number of urea groups is 1. The van der Waals surface area contributed by atoms with E-state index >= 15 is 0 Å². The molecule has 0 aliphatic rings. The summed E-state index contributed by atoms with van der Waals surface area (Å²) in [6.07, 6.45) is 3.98. The predicted molar refractivity (Wildman–Crippen MR) is 114 cm³/mol. The quantitative estimate of drug-likeness (QED) is 0.456. The molecule has 2 amide bonds. The monoisotopic (exact) mass is 390 g/mol. The van der Waals surface area contributed by atoms with Crippen LogP contribution >= 0.6 is 11.6 Å². The first-order valence-electron chi connectivity index (χ1n) is 8.89. The van der Waals surface area contributed by atoms with Crippen LogP contribution < -0.4 is 10.6 Å². The topological polar surface area (TPSA) is 58.4 Å². The van der Waals surface area contributed by atoms with Crippen LogP contribution in [0.4, 0.5) is 16.2 Å². The highest BCUT2D eigenvalue weighted by Gasteiger charge is 2.09. The molecule has 0 aliphatic heterocycles. The van der Waals surface area contributed by atoms with Gasteiger partial charge < -0.3 is 15.0 Å². The third-order valence-corrected chi connectivity index (χ3v) is 5.04. The minimum absolute atomic E-state index is 0.318. The van der Waals surface area contributed by atoms with E-state index < -0.39 is 0 Å². The first-order valence-corrected chi connectivity index (χ1v) is 9.27. The maximum Gasteiger partial charge on any atom is 0.323 e. The van der Waals surface area contributed by atoms with Crippen LogP contribution in [0.25, 0.3) is 16.9 Å². The number of nitrogens with zero attached hydrogens (tertiary/aromatic N) is 2. The normalized spacial score (nSPS) is 10.8. The maximum atomic E-state index is 12.3. The van der Waals surface area contributed by atoms with Crippen molar-refractivity contribution < 1.29 is 4.79 Å². The van der Waals surface area contributed by atoms with Gasteiger partial charge in [-0.15, -0.1) is 0 Å². The molecule has 0 spiro atoms. The number of anilines is 2. The Balaban J connectivity index is 1.49. The van der Waals surface area contributed by atoms with Gasteiger partial charge in [0.2, 0.25) is 0 Å². The van der Waals surface area contributed by atoms with Gasteiger partial charge in [-0.25, -0.2) is 9.78 Å². The molecule has 0 radical (unpaired) electrons. The molecule has 2 aromatic heterocycles. The van der Waals surface area contributed by atoms with Crippen LogP contribution in [0.3, 0.4) is 0 Å². The Hall–Kier alpha value is -3.31. The number of aromatic nitrogens is 2. The molecule has 5 nitrogen and oxygen atoms in total. The number of imidazole rings is 1. The summed E-state index contributed by atoms with van der Waals surface area (Å²) in [5.41, 5.74) is 6.15. The second-order valence-electron chi connectivity index (χ2n) is 6.62. The van der Waals surface area contributed by atoms with Crippen LogP contribution in [0.2, 0.25) is 5.02 Å². The number of hydrogen-bond donors (Lipinski definition) is 2. The first kappa shape index (κ1) is 18.1. The average molecular weight is 391 g/mol. The summed E-state index contributed by atoms with van der Waals surface area (Å²) in [6.45, 7) is 3.91. The molecule has 140 valence electrons. The lowest BCUT2D eigenvalue weighted by atomic mass is 10.1. The molecule has 0 atom stereocenters. The summed E-state index contributed by atoms with van der Waals surface area (Å²) < 4.78 is 2.01. The van der Waals surface area contributed by atoms with E-state index in [2.05, 4.69) is 10.6 Å². The number of nitrogens with one attached hydrogen (secondary N) is 2. The van der Waals surface area contributed by atoms with Gasteiger partial charge in [0.15, 0.2) is 0 Å². The fraction of sp³-hybridized carbons (Fsp3) is 0.0909. The largest absolute Gasteiger partial charge is 0.323 e. The van der Waals surface area contributed by atoms with Crippen molar-refractivity contribution in [2.24, 2.45) is 0 Å². The highest BCUT2D eigenvalue weighted by molar-refractivity contribution is 6.31. The van der Waals surface area contributed by atoms with E-state index in [1.54, 1.807) is 12.1 Å². The Morgan fingerprint density at radius 1 is 1.00 bits per heavy atom. The Morgan fingerprint density at radius 2 is 1.79 bits per heavy atom. The molecule has 2 N–H and O–H groups in total. The molecule has 4 rings (SSSR count). The van der Waals surface area contributed by atoms with Crippen molar-refractivity contribution in [3.8, 4) is 11.3 Å². The number of carbonyl (C=O) groups excluding carboxylic acids is 1. The minimum atomic E-state index is -0.318. The number of carbonyl (C=O) groups is 1. The minimum Gasteiger partial charge on any atom is -0.308 e. The van der Waals surface area contributed by atoms with Gasteiger partial charge in [-0.05, 0) is 55.3 Å². The van der Waals surface area contributed by atoms with Crippen molar-refractivity contribution in [1.29, 1.82) is 0 Å². The molecule has 0 saturated carbocycles. The van der Waals surface area contributed by atoms with Gasteiger partial charge in [0, 0.05) is 34.4 Å². The molecule has 0 fully saturated rings. The van der Waals surface area contributed by atoms with Crippen LogP contribution in [-0.4, -0.2) is 15.4 Å². The fourth-order valence-electron chi connectivity index (χ4n) is 3.04. The van der Waals surface area contributed by atoms with Crippen LogP contribution in [-0.2, 0) is 0 Å². The van der Waals surface area contributed by atoms with Gasteiger partial charge in [-0.3, -0.25) is 0 Å². The fourth-order valence-corrected chi connectivity index (χ4v) is 3.22. The molecule has 0 bridgehead atoms. The summed E-state index contributed by atoms with van der Waals surface area (Å²) in [5.74, 6) is 0. The van der Waals surface area contributed by atoms with Gasteiger partial charge >= 0.3 is 6.03 Å². The van der Waals surface area contributed by atoms with Crippen molar-refractivity contribution >= 4 is 34.7 Å². The molecule has 28 heavy (non-hydrogen) atoms. The summed E-state index contributed by atoms with van der Waals surface area (Å²) in [7, 11) is 0. The Bertz CT molecular complexity index is 1170. The molecule has 2 heterocycles. The third-order valence-electron chi connectivity index (χ3n) is 4.63. The van der Waals surface area contributed by atoms with Crippen LogP contribution in [0, 0.1) is 13.8 Å². The molecular weight excluding hydrogens is 372 g/mol. The number of rotatable bonds is 3. The highest BCUT2D eigenvalue weighted by Crippen LogP contribution is 2.24. The SMILES string of the molecule is Cc1c(Cl)cccc1NC(=O)Nc1ccc(-c2cn3cccc(C)c3n2)cc1. The van der Waals surface area contributed by atoms with Gasteiger partial charge in [0.1, 0.15) is 5.65 Å². The first-order chi connectivity index (χ1) is 13.5. The predicted octanol–water partition coefficient (Wildman–Crippen LogP) is 5.92. The molecule has 4 aromatic rings. The molecule has 2 aromatic carbocycles. The number of halogens is 1. The number of aryl methyl sites for hydroxylation is 1. The molecular formula is C22H19ClN4O. The summed E-state index contributed by atoms with van der Waals surface area (Å²) in [5, 5.41) is 6.27. The van der Waals surface area contributed by atoms with Gasteiger partial charge in [-0.1, -0.05) is 35.9 Å². The zero-order valence-corrected chi connectivity index (χ0v) is 16.3. The molecule has 0 aliphatic carbocycles. The second-order valence-corrected chi connectivity index (χ2v) is 7.02. The smallest absolute Gasteiger partial charge is 0.308 e. The summed E-state index contributed by atoms with van der Waals surface area (Å²) in [6, 6.07) is 16.7. The zero-order valence-electron chi connectivity index (χ0n) is 15.5. The van der Waals surface area contributed by atoms with Crippen LogP contribution in [0.5, 0.6) is 0 Å². The maximum absolute atomic E-state index is 12.3. The van der Waals surface area contributed by atoms with E-state index in [0.29, 0.717) is 16.4 Å². The van der Waals surface area contributed by atoms with E-state index in [9.17, 15) is 4.79 Å². The number of pyridine rings is 1. The number of hydrogen-bond acceptors (Lipinski definition) is 2. The Morgan fingerprint density at radius 3 is 2.54 bits per heavy atom. The van der Waals surface area contributed by atoms with E-state index in [1.165, 1.54) is 0 Å². The number of fused-ring (bicyclic) bond motifs is 1. The lowest BCUT2D eigenvalue weighted by molar-refractivity contribution is 0.262.